The van der Waals surface area contributed by atoms with Gasteiger partial charge < -0.3 is 9.47 Å². The molecule has 0 aromatic carbocycles. The highest BCUT2D eigenvalue weighted by Crippen LogP contribution is 2.22. The predicted molar refractivity (Wildman–Crippen MR) is 58.6 cm³/mol. The van der Waals surface area contributed by atoms with E-state index in [1.54, 1.807) is 0 Å². The Morgan fingerprint density at radius 2 is 2.29 bits per heavy atom. The van der Waals surface area contributed by atoms with E-state index in [1.807, 2.05) is 13.8 Å². The fraction of sp³-hybridized carbons (Fsp3) is 0.818. The molecule has 2 unspecified atom stereocenters. The van der Waals surface area contributed by atoms with Crippen LogP contribution >= 0.6 is 11.6 Å². The first kappa shape index (κ1) is 12.0. The van der Waals surface area contributed by atoms with Gasteiger partial charge in [-0.1, -0.05) is 11.6 Å². The van der Waals surface area contributed by atoms with Gasteiger partial charge in [0, 0.05) is 0 Å². The molecule has 0 aromatic rings. The van der Waals surface area contributed by atoms with Crippen molar-refractivity contribution in [1.82, 2.24) is 0 Å². The normalized spacial score (nSPS) is 24.1. The van der Waals surface area contributed by atoms with Crippen molar-refractivity contribution in [3.05, 3.63) is 11.6 Å². The lowest BCUT2D eigenvalue weighted by molar-refractivity contribution is -0.164. The van der Waals surface area contributed by atoms with E-state index in [2.05, 4.69) is 13.0 Å². The molecule has 3 heteroatoms. The zero-order valence-electron chi connectivity index (χ0n) is 9.13. The molecule has 0 N–H and O–H groups in total. The quantitative estimate of drug-likeness (QED) is 0.401. The highest BCUT2D eigenvalue weighted by atomic mass is 35.5. The zero-order valence-corrected chi connectivity index (χ0v) is 9.88. The van der Waals surface area contributed by atoms with E-state index in [1.165, 1.54) is 5.57 Å². The van der Waals surface area contributed by atoms with Crippen molar-refractivity contribution in [3.63, 3.8) is 0 Å². The second kappa shape index (κ2) is 5.74. The fourth-order valence-corrected chi connectivity index (χ4v) is 1.71. The van der Waals surface area contributed by atoms with Crippen LogP contribution in [0.25, 0.3) is 0 Å². The molecule has 0 heterocycles. The van der Waals surface area contributed by atoms with Gasteiger partial charge in [-0.3, -0.25) is 0 Å². The van der Waals surface area contributed by atoms with Gasteiger partial charge in [0.1, 0.15) is 0 Å². The third-order valence-electron chi connectivity index (χ3n) is 2.17. The van der Waals surface area contributed by atoms with Crippen LogP contribution in [0.3, 0.4) is 0 Å². The molecule has 0 amide bonds. The van der Waals surface area contributed by atoms with Crippen LogP contribution in [0, 0.1) is 0 Å². The minimum absolute atomic E-state index is 0.158. The monoisotopic (exact) mass is 218 g/mol. The number of hydrogen-bond acceptors (Lipinski definition) is 2. The summed E-state index contributed by atoms with van der Waals surface area (Å²) in [6, 6.07) is 0. The molecule has 0 fully saturated rings. The Kier molecular flexibility index (Phi) is 4.93. The summed E-state index contributed by atoms with van der Waals surface area (Å²) in [5, 5.41) is 0. The van der Waals surface area contributed by atoms with Crippen LogP contribution in [0.5, 0.6) is 0 Å². The molecular formula is C11H19ClO2. The standard InChI is InChI=1S/C11H19ClO2/c1-8(2)13-11(7-12)14-10-5-4-9(3)6-10/h6,8,10-11H,4-5,7H2,1-3H3. The maximum atomic E-state index is 5.76. The van der Waals surface area contributed by atoms with Gasteiger partial charge >= 0.3 is 0 Å². The lowest BCUT2D eigenvalue weighted by atomic mass is 10.3. The topological polar surface area (TPSA) is 18.5 Å². The lowest BCUT2D eigenvalue weighted by Gasteiger charge is -2.21. The summed E-state index contributed by atoms with van der Waals surface area (Å²) in [5.74, 6) is 0.390. The molecule has 14 heavy (non-hydrogen) atoms. The maximum Gasteiger partial charge on any atom is 0.172 e. The lowest BCUT2D eigenvalue weighted by Crippen LogP contribution is -2.26. The first-order valence-corrected chi connectivity index (χ1v) is 5.69. The van der Waals surface area contributed by atoms with E-state index in [0.717, 1.165) is 12.8 Å². The molecular weight excluding hydrogens is 200 g/mol. The van der Waals surface area contributed by atoms with Crippen molar-refractivity contribution >= 4 is 11.6 Å². The van der Waals surface area contributed by atoms with E-state index in [9.17, 15) is 0 Å². The van der Waals surface area contributed by atoms with Gasteiger partial charge in [0.05, 0.1) is 18.1 Å². The average molecular weight is 219 g/mol. The van der Waals surface area contributed by atoms with Gasteiger partial charge in [0.25, 0.3) is 0 Å². The summed E-state index contributed by atoms with van der Waals surface area (Å²) < 4.78 is 11.2. The molecule has 0 bridgehead atoms. The molecule has 2 atom stereocenters. The summed E-state index contributed by atoms with van der Waals surface area (Å²) >= 11 is 5.76. The second-order valence-electron chi connectivity index (χ2n) is 3.99. The molecule has 1 aliphatic carbocycles. The van der Waals surface area contributed by atoms with Crippen molar-refractivity contribution in [2.24, 2.45) is 0 Å². The van der Waals surface area contributed by atoms with E-state index >= 15 is 0 Å². The Labute approximate surface area is 91.2 Å². The Balaban J connectivity index is 2.33. The first-order chi connectivity index (χ1) is 6.61. The molecule has 0 radical (unpaired) electrons. The van der Waals surface area contributed by atoms with Crippen LogP contribution in [-0.2, 0) is 9.47 Å². The van der Waals surface area contributed by atoms with Gasteiger partial charge in [0.2, 0.25) is 0 Å². The highest BCUT2D eigenvalue weighted by molar-refractivity contribution is 6.18. The summed E-state index contributed by atoms with van der Waals surface area (Å²) in [5.41, 5.74) is 1.40. The zero-order chi connectivity index (χ0) is 10.6. The third-order valence-corrected chi connectivity index (χ3v) is 2.42. The van der Waals surface area contributed by atoms with Crippen molar-refractivity contribution in [3.8, 4) is 0 Å². The van der Waals surface area contributed by atoms with Crippen molar-refractivity contribution in [1.29, 1.82) is 0 Å². The SMILES string of the molecule is CC1=CC(OC(CCl)OC(C)C)CC1. The second-order valence-corrected chi connectivity index (χ2v) is 4.30. The first-order valence-electron chi connectivity index (χ1n) is 5.16. The van der Waals surface area contributed by atoms with E-state index < -0.39 is 0 Å². The van der Waals surface area contributed by atoms with Gasteiger partial charge in [-0.15, -0.1) is 11.6 Å². The van der Waals surface area contributed by atoms with Crippen LogP contribution in [-0.4, -0.2) is 24.4 Å². The molecule has 82 valence electrons. The third kappa shape index (κ3) is 3.99. The predicted octanol–water partition coefficient (Wildman–Crippen LogP) is 3.10. The summed E-state index contributed by atoms with van der Waals surface area (Å²) in [7, 11) is 0. The Morgan fingerprint density at radius 1 is 1.57 bits per heavy atom. The van der Waals surface area contributed by atoms with Crippen molar-refractivity contribution in [2.45, 2.75) is 52.1 Å². The Morgan fingerprint density at radius 3 is 2.71 bits per heavy atom. The van der Waals surface area contributed by atoms with Gasteiger partial charge in [0.15, 0.2) is 6.29 Å². The molecule has 1 aliphatic rings. The smallest absolute Gasteiger partial charge is 0.172 e. The van der Waals surface area contributed by atoms with Gasteiger partial charge in [-0.2, -0.15) is 0 Å². The minimum Gasteiger partial charge on any atom is -0.349 e. The van der Waals surface area contributed by atoms with Crippen molar-refractivity contribution in [2.75, 3.05) is 5.88 Å². The van der Waals surface area contributed by atoms with Crippen LogP contribution in [0.1, 0.15) is 33.6 Å². The summed E-state index contributed by atoms with van der Waals surface area (Å²) in [6.07, 6.45) is 4.41. The molecule has 2 nitrogen and oxygen atoms in total. The van der Waals surface area contributed by atoms with Crippen LogP contribution in [0.15, 0.2) is 11.6 Å². The number of ether oxygens (including phenoxy) is 2. The van der Waals surface area contributed by atoms with Crippen molar-refractivity contribution < 1.29 is 9.47 Å². The molecule has 0 aromatic heterocycles. The Bertz CT molecular complexity index is 201. The molecule has 0 spiro atoms. The van der Waals surface area contributed by atoms with E-state index in [0.29, 0.717) is 5.88 Å². The van der Waals surface area contributed by atoms with Crippen LogP contribution in [0.2, 0.25) is 0 Å². The summed E-state index contributed by atoms with van der Waals surface area (Å²) in [6.45, 7) is 6.10. The summed E-state index contributed by atoms with van der Waals surface area (Å²) in [4.78, 5) is 0. The molecule has 0 aliphatic heterocycles. The largest absolute Gasteiger partial charge is 0.349 e. The van der Waals surface area contributed by atoms with Gasteiger partial charge in [-0.25, -0.2) is 0 Å². The number of rotatable bonds is 5. The van der Waals surface area contributed by atoms with Crippen LogP contribution in [0.4, 0.5) is 0 Å². The number of halogens is 1. The molecule has 0 saturated heterocycles. The maximum absolute atomic E-state index is 5.76. The molecule has 0 saturated carbocycles. The highest BCUT2D eigenvalue weighted by Gasteiger charge is 2.19. The van der Waals surface area contributed by atoms with E-state index in [-0.39, 0.29) is 18.5 Å². The number of allylic oxidation sites excluding steroid dienone is 1. The fourth-order valence-electron chi connectivity index (χ4n) is 1.56. The number of alkyl halides is 1. The minimum atomic E-state index is -0.274. The van der Waals surface area contributed by atoms with E-state index in [4.69, 9.17) is 21.1 Å². The Hall–Kier alpha value is -0.0500. The molecule has 1 rings (SSSR count). The number of hydrogen-bond donors (Lipinski definition) is 0. The van der Waals surface area contributed by atoms with Crippen LogP contribution < -0.4 is 0 Å². The average Bonchev–Trinajstić information content (AvgIpc) is 2.49. The van der Waals surface area contributed by atoms with Gasteiger partial charge in [-0.05, 0) is 33.6 Å².